The number of rotatable bonds is 2. The molecule has 6 heteroatoms. The average molecular weight is 309 g/mol. The zero-order valence-corrected chi connectivity index (χ0v) is 12.5. The van der Waals surface area contributed by atoms with Gasteiger partial charge in [-0.3, -0.25) is 4.79 Å². The van der Waals surface area contributed by atoms with Crippen molar-refractivity contribution in [3.05, 3.63) is 34.9 Å². The topological polar surface area (TPSA) is 83.5 Å². The van der Waals surface area contributed by atoms with Crippen LogP contribution in [0.4, 0.5) is 0 Å². The molecule has 0 radical (unpaired) electrons. The summed E-state index contributed by atoms with van der Waals surface area (Å²) in [6.45, 7) is 0.616. The number of nitrogens with one attached hydrogen (secondary N) is 1. The molecule has 3 rings (SSSR count). The van der Waals surface area contributed by atoms with Gasteiger partial charge in [0.15, 0.2) is 9.84 Å². The molecule has 114 valence electrons. The van der Waals surface area contributed by atoms with Gasteiger partial charge >= 0.3 is 0 Å². The van der Waals surface area contributed by atoms with E-state index in [9.17, 15) is 18.3 Å². The summed E-state index contributed by atoms with van der Waals surface area (Å²) >= 11 is 0. The Morgan fingerprint density at radius 2 is 2.10 bits per heavy atom. The molecule has 0 bridgehead atoms. The Labute approximate surface area is 124 Å². The second-order valence-corrected chi connectivity index (χ2v) is 8.11. The predicted molar refractivity (Wildman–Crippen MR) is 78.9 cm³/mol. The SMILES string of the molecule is O=C1NCCc2ccc(C(O)C3CCCCS3(=O)=O)cc21. The van der Waals surface area contributed by atoms with E-state index < -0.39 is 21.2 Å². The van der Waals surface area contributed by atoms with Crippen LogP contribution in [0, 0.1) is 0 Å². The Kier molecular flexibility index (Phi) is 3.75. The standard InChI is InChI=1S/C15H19NO4S/c17-14(13-3-1-2-8-21(13,19)20)11-5-4-10-6-7-16-15(18)12(10)9-11/h4-5,9,13-14,17H,1-3,6-8H2,(H,16,18). The second-order valence-electron chi connectivity index (χ2n) is 5.77. The first-order chi connectivity index (χ1) is 9.99. The molecule has 1 saturated heterocycles. The molecule has 0 spiro atoms. The molecule has 1 aromatic carbocycles. The number of sulfone groups is 1. The maximum absolute atomic E-state index is 12.1. The molecule has 2 atom stereocenters. The van der Waals surface area contributed by atoms with Crippen molar-refractivity contribution in [2.24, 2.45) is 0 Å². The number of hydrogen-bond donors (Lipinski definition) is 2. The molecule has 2 unspecified atom stereocenters. The van der Waals surface area contributed by atoms with E-state index >= 15 is 0 Å². The smallest absolute Gasteiger partial charge is 0.251 e. The summed E-state index contributed by atoms with van der Waals surface area (Å²) in [7, 11) is -3.26. The van der Waals surface area contributed by atoms with E-state index in [2.05, 4.69) is 5.32 Å². The molecular weight excluding hydrogens is 290 g/mol. The van der Waals surface area contributed by atoms with Gasteiger partial charge < -0.3 is 10.4 Å². The van der Waals surface area contributed by atoms with Crippen molar-refractivity contribution in [1.29, 1.82) is 0 Å². The van der Waals surface area contributed by atoms with Crippen LogP contribution in [0.2, 0.25) is 0 Å². The van der Waals surface area contributed by atoms with Gasteiger partial charge in [-0.1, -0.05) is 18.6 Å². The fraction of sp³-hybridized carbons (Fsp3) is 0.533. The first-order valence-corrected chi connectivity index (χ1v) is 9.01. The van der Waals surface area contributed by atoms with Crippen LogP contribution in [0.1, 0.15) is 46.9 Å². The van der Waals surface area contributed by atoms with E-state index in [1.54, 1.807) is 12.1 Å². The van der Waals surface area contributed by atoms with Crippen LogP contribution < -0.4 is 5.32 Å². The van der Waals surface area contributed by atoms with Gasteiger partial charge in [-0.25, -0.2) is 8.42 Å². The number of hydrogen-bond acceptors (Lipinski definition) is 4. The molecule has 0 aliphatic carbocycles. The maximum atomic E-state index is 12.1. The van der Waals surface area contributed by atoms with E-state index in [0.29, 0.717) is 30.5 Å². The Bertz CT molecular complexity index is 668. The minimum Gasteiger partial charge on any atom is -0.387 e. The van der Waals surface area contributed by atoms with Crippen molar-refractivity contribution in [1.82, 2.24) is 5.32 Å². The van der Waals surface area contributed by atoms with Crippen LogP contribution in [0.3, 0.4) is 0 Å². The molecular formula is C15H19NO4S. The summed E-state index contributed by atoms with van der Waals surface area (Å²) in [5.41, 5.74) is 2.01. The number of fused-ring (bicyclic) bond motifs is 1. The molecule has 1 amide bonds. The molecule has 2 heterocycles. The number of aliphatic hydroxyl groups excluding tert-OH is 1. The van der Waals surface area contributed by atoms with Gasteiger partial charge in [-0.05, 0) is 36.5 Å². The first-order valence-electron chi connectivity index (χ1n) is 7.30. The summed E-state index contributed by atoms with van der Waals surface area (Å²) in [6, 6.07) is 5.20. The highest BCUT2D eigenvalue weighted by molar-refractivity contribution is 7.92. The van der Waals surface area contributed by atoms with Crippen LogP contribution in [0.15, 0.2) is 18.2 Å². The van der Waals surface area contributed by atoms with Gasteiger partial charge in [0, 0.05) is 12.1 Å². The summed E-state index contributed by atoms with van der Waals surface area (Å²) in [5, 5.41) is 12.5. The fourth-order valence-corrected chi connectivity index (χ4v) is 5.15. The third kappa shape index (κ3) is 2.70. The van der Waals surface area contributed by atoms with Gasteiger partial charge in [0.05, 0.1) is 17.1 Å². The normalized spacial score (nSPS) is 25.8. The number of carbonyl (C=O) groups is 1. The summed E-state index contributed by atoms with van der Waals surface area (Å²) in [5.74, 6) is -0.0167. The monoisotopic (exact) mass is 309 g/mol. The fourth-order valence-electron chi connectivity index (χ4n) is 3.16. The highest BCUT2D eigenvalue weighted by Crippen LogP contribution is 2.31. The lowest BCUT2D eigenvalue weighted by Crippen LogP contribution is -2.35. The van der Waals surface area contributed by atoms with Crippen molar-refractivity contribution in [3.63, 3.8) is 0 Å². The van der Waals surface area contributed by atoms with Crippen molar-refractivity contribution in [2.75, 3.05) is 12.3 Å². The molecule has 2 aliphatic heterocycles. The molecule has 1 fully saturated rings. The van der Waals surface area contributed by atoms with Crippen LogP contribution in [0.5, 0.6) is 0 Å². The third-order valence-corrected chi connectivity index (χ3v) is 6.65. The summed E-state index contributed by atoms with van der Waals surface area (Å²) < 4.78 is 24.2. The zero-order valence-electron chi connectivity index (χ0n) is 11.7. The highest BCUT2D eigenvalue weighted by Gasteiger charge is 2.35. The maximum Gasteiger partial charge on any atom is 0.251 e. The number of benzene rings is 1. The van der Waals surface area contributed by atoms with E-state index in [1.165, 1.54) is 0 Å². The van der Waals surface area contributed by atoms with Gasteiger partial charge in [0.2, 0.25) is 0 Å². The lowest BCUT2D eigenvalue weighted by atomic mass is 9.94. The van der Waals surface area contributed by atoms with Crippen molar-refractivity contribution >= 4 is 15.7 Å². The first kappa shape index (κ1) is 14.5. The minimum atomic E-state index is -3.26. The lowest BCUT2D eigenvalue weighted by molar-refractivity contribution is 0.0945. The Morgan fingerprint density at radius 1 is 1.29 bits per heavy atom. The average Bonchev–Trinajstić information content (AvgIpc) is 2.46. The van der Waals surface area contributed by atoms with Gasteiger partial charge in [0.25, 0.3) is 5.91 Å². The van der Waals surface area contributed by atoms with Crippen molar-refractivity contribution in [3.8, 4) is 0 Å². The largest absolute Gasteiger partial charge is 0.387 e. The molecule has 2 N–H and O–H groups in total. The van der Waals surface area contributed by atoms with E-state index in [0.717, 1.165) is 18.4 Å². The second kappa shape index (κ2) is 5.42. The lowest BCUT2D eigenvalue weighted by Gasteiger charge is -2.27. The predicted octanol–water partition coefficient (Wildman–Crippen LogP) is 0.973. The number of amides is 1. The molecule has 21 heavy (non-hydrogen) atoms. The van der Waals surface area contributed by atoms with Gasteiger partial charge in [-0.2, -0.15) is 0 Å². The number of carbonyl (C=O) groups excluding carboxylic acids is 1. The van der Waals surface area contributed by atoms with Crippen LogP contribution in [0.25, 0.3) is 0 Å². The third-order valence-electron chi connectivity index (χ3n) is 4.38. The van der Waals surface area contributed by atoms with Crippen LogP contribution in [-0.4, -0.2) is 37.0 Å². The Balaban J connectivity index is 1.93. The Hall–Kier alpha value is -1.40. The Morgan fingerprint density at radius 3 is 2.86 bits per heavy atom. The summed E-state index contributed by atoms with van der Waals surface area (Å²) in [4.78, 5) is 11.9. The molecule has 0 aromatic heterocycles. The minimum absolute atomic E-state index is 0.139. The molecule has 1 aromatic rings. The van der Waals surface area contributed by atoms with E-state index in [-0.39, 0.29) is 11.7 Å². The van der Waals surface area contributed by atoms with Crippen LogP contribution in [-0.2, 0) is 16.3 Å². The van der Waals surface area contributed by atoms with E-state index in [4.69, 9.17) is 0 Å². The molecule has 2 aliphatic rings. The van der Waals surface area contributed by atoms with Gasteiger partial charge in [0.1, 0.15) is 0 Å². The van der Waals surface area contributed by atoms with E-state index in [1.807, 2.05) is 6.07 Å². The molecule has 5 nitrogen and oxygen atoms in total. The van der Waals surface area contributed by atoms with Gasteiger partial charge in [-0.15, -0.1) is 0 Å². The highest BCUT2D eigenvalue weighted by atomic mass is 32.2. The van der Waals surface area contributed by atoms with Crippen LogP contribution >= 0.6 is 0 Å². The summed E-state index contributed by atoms with van der Waals surface area (Å²) in [6.07, 6.45) is 1.66. The molecule has 0 saturated carbocycles. The quantitative estimate of drug-likeness (QED) is 0.853. The number of aliphatic hydroxyl groups is 1. The van der Waals surface area contributed by atoms with Crippen molar-refractivity contribution in [2.45, 2.75) is 37.0 Å². The zero-order chi connectivity index (χ0) is 15.0. The van der Waals surface area contributed by atoms with Crippen molar-refractivity contribution < 1.29 is 18.3 Å².